The van der Waals surface area contributed by atoms with Gasteiger partial charge in [0, 0.05) is 0 Å². The van der Waals surface area contributed by atoms with Crippen molar-refractivity contribution >= 4 is 13.6 Å². The second kappa shape index (κ2) is 9.26. The van der Waals surface area contributed by atoms with Crippen molar-refractivity contribution in [1.82, 2.24) is 0 Å². The summed E-state index contributed by atoms with van der Waals surface area (Å²) in [6.45, 7) is 1.29. The average molecular weight is 333 g/mol. The Morgan fingerprint density at radius 3 is 2.24 bits per heavy atom. The highest BCUT2D eigenvalue weighted by Gasteiger charge is 2.54. The van der Waals surface area contributed by atoms with Gasteiger partial charge in [0.2, 0.25) is 0 Å². The molecule has 5 N–H and O–H groups in total. The molecule has 0 fully saturated rings. The molecule has 21 heavy (non-hydrogen) atoms. The molecule has 0 heterocycles. The predicted octanol–water partition coefficient (Wildman–Crippen LogP) is 0.844. The van der Waals surface area contributed by atoms with Crippen LogP contribution in [-0.2, 0) is 18.3 Å². The second-order valence-corrected chi connectivity index (χ2v) is 6.05. The molecule has 0 rings (SSSR count). The lowest BCUT2D eigenvalue weighted by Crippen LogP contribution is -2.31. The van der Waals surface area contributed by atoms with E-state index < -0.39 is 39.1 Å². The van der Waals surface area contributed by atoms with Crippen LogP contribution < -0.4 is 11.5 Å². The minimum Gasteiger partial charge on any atom is -0.394 e. The third-order valence-corrected chi connectivity index (χ3v) is 4.41. The molecule has 0 amide bonds. The van der Waals surface area contributed by atoms with E-state index in [4.69, 9.17) is 21.3 Å². The van der Waals surface area contributed by atoms with Gasteiger partial charge < -0.3 is 30.4 Å². The van der Waals surface area contributed by atoms with Gasteiger partial charge in [0.25, 0.3) is 0 Å². The Bertz CT molecular complexity index is 370. The first kappa shape index (κ1) is 20.2. The van der Waals surface area contributed by atoms with Crippen LogP contribution in [0.15, 0.2) is 4.99 Å². The summed E-state index contributed by atoms with van der Waals surface area (Å²) in [6.07, 6.45) is -2.38. The quantitative estimate of drug-likeness (QED) is 0.290. The fraction of sp³-hybridized carbons (Fsp3) is 0.900. The number of halogens is 2. The van der Waals surface area contributed by atoms with Gasteiger partial charge in [-0.1, -0.05) is 0 Å². The molecule has 0 bridgehead atoms. The zero-order chi connectivity index (χ0) is 16.5. The molecule has 0 aliphatic rings. The molecule has 126 valence electrons. The van der Waals surface area contributed by atoms with E-state index in [1.54, 1.807) is 0 Å². The standard InChI is InChI=1S/C10H22F2N3O5P/c1-3-19-21(17,20-4-2)10(11,12)5-8(6-16)18-7-15-9(13)14/h8,16H,3-7H2,1-2H3,(H4,13,14,15). The Hall–Kier alpha value is -0.800. The van der Waals surface area contributed by atoms with E-state index in [2.05, 4.69) is 14.0 Å². The third kappa shape index (κ3) is 6.66. The maximum absolute atomic E-state index is 14.1. The van der Waals surface area contributed by atoms with Gasteiger partial charge in [-0.3, -0.25) is 4.57 Å². The van der Waals surface area contributed by atoms with Crippen LogP contribution in [0.2, 0.25) is 0 Å². The first-order valence-electron chi connectivity index (χ1n) is 6.27. The lowest BCUT2D eigenvalue weighted by Gasteiger charge is -2.28. The molecule has 0 aromatic heterocycles. The number of hydrogen-bond acceptors (Lipinski definition) is 6. The summed E-state index contributed by atoms with van der Waals surface area (Å²) in [7, 11) is -4.65. The van der Waals surface area contributed by atoms with Crippen molar-refractivity contribution in [2.24, 2.45) is 16.5 Å². The molecule has 1 atom stereocenters. The van der Waals surface area contributed by atoms with Crippen molar-refractivity contribution in [3.8, 4) is 0 Å². The summed E-state index contributed by atoms with van der Waals surface area (Å²) in [5, 5.41) is 9.04. The summed E-state index contributed by atoms with van der Waals surface area (Å²) in [5.41, 5.74) is 6.28. The first-order chi connectivity index (χ1) is 9.72. The van der Waals surface area contributed by atoms with Crippen molar-refractivity contribution < 1.29 is 32.2 Å². The molecule has 0 aromatic carbocycles. The van der Waals surface area contributed by atoms with E-state index in [0.717, 1.165) is 0 Å². The zero-order valence-electron chi connectivity index (χ0n) is 12.0. The summed E-state index contributed by atoms with van der Waals surface area (Å²) in [4.78, 5) is 3.44. The maximum Gasteiger partial charge on any atom is 0.399 e. The van der Waals surface area contributed by atoms with Gasteiger partial charge in [-0.2, -0.15) is 8.78 Å². The molecule has 0 aromatic rings. The Kier molecular flexibility index (Phi) is 8.91. The van der Waals surface area contributed by atoms with Gasteiger partial charge in [0.05, 0.1) is 32.3 Å². The number of guanidine groups is 1. The average Bonchev–Trinajstić information content (AvgIpc) is 2.37. The van der Waals surface area contributed by atoms with E-state index >= 15 is 0 Å². The third-order valence-electron chi connectivity index (χ3n) is 2.23. The van der Waals surface area contributed by atoms with Crippen LogP contribution >= 0.6 is 7.60 Å². The molecule has 0 saturated carbocycles. The molecule has 0 aliphatic carbocycles. The number of aliphatic hydroxyl groups excluding tert-OH is 1. The number of ether oxygens (including phenoxy) is 1. The largest absolute Gasteiger partial charge is 0.399 e. The van der Waals surface area contributed by atoms with Crippen molar-refractivity contribution in [1.29, 1.82) is 0 Å². The molecule has 0 saturated heterocycles. The highest BCUT2D eigenvalue weighted by molar-refractivity contribution is 7.55. The van der Waals surface area contributed by atoms with E-state index in [1.165, 1.54) is 13.8 Å². The van der Waals surface area contributed by atoms with Crippen molar-refractivity contribution in [3.05, 3.63) is 0 Å². The Morgan fingerprint density at radius 2 is 1.86 bits per heavy atom. The van der Waals surface area contributed by atoms with E-state index in [9.17, 15) is 13.3 Å². The number of aliphatic hydroxyl groups is 1. The second-order valence-electron chi connectivity index (χ2n) is 3.89. The van der Waals surface area contributed by atoms with Gasteiger partial charge in [0.15, 0.2) is 5.96 Å². The fourth-order valence-electron chi connectivity index (χ4n) is 1.35. The topological polar surface area (TPSA) is 129 Å². The number of nitrogens with two attached hydrogens (primary N) is 2. The van der Waals surface area contributed by atoms with Crippen LogP contribution in [0.1, 0.15) is 20.3 Å². The minimum absolute atomic E-state index is 0.203. The molecule has 0 spiro atoms. The molecule has 0 aliphatic heterocycles. The van der Waals surface area contributed by atoms with Crippen molar-refractivity contribution in [2.75, 3.05) is 26.6 Å². The van der Waals surface area contributed by atoms with Gasteiger partial charge in [-0.25, -0.2) is 4.99 Å². The summed E-state index contributed by atoms with van der Waals surface area (Å²) in [5.74, 6) is -0.284. The normalized spacial score (nSPS) is 14.0. The van der Waals surface area contributed by atoms with E-state index in [1.807, 2.05) is 0 Å². The Labute approximate surface area is 122 Å². The lowest BCUT2D eigenvalue weighted by atomic mass is 10.3. The summed E-state index contributed by atoms with van der Waals surface area (Å²) >= 11 is 0. The lowest BCUT2D eigenvalue weighted by molar-refractivity contribution is -0.0514. The molecular formula is C10H22F2N3O5P. The zero-order valence-corrected chi connectivity index (χ0v) is 12.9. The highest BCUT2D eigenvalue weighted by atomic mass is 31.2. The van der Waals surface area contributed by atoms with Crippen LogP contribution in [0.25, 0.3) is 0 Å². The van der Waals surface area contributed by atoms with Crippen molar-refractivity contribution in [3.63, 3.8) is 0 Å². The number of rotatable bonds is 11. The highest BCUT2D eigenvalue weighted by Crippen LogP contribution is 2.63. The van der Waals surface area contributed by atoms with Crippen molar-refractivity contribution in [2.45, 2.75) is 32.0 Å². The predicted molar refractivity (Wildman–Crippen MR) is 73.1 cm³/mol. The van der Waals surface area contributed by atoms with E-state index in [-0.39, 0.29) is 19.2 Å². The van der Waals surface area contributed by atoms with Gasteiger partial charge in [0.1, 0.15) is 6.73 Å². The molecule has 11 heteroatoms. The first-order valence-corrected chi connectivity index (χ1v) is 7.81. The number of hydrogen-bond donors (Lipinski definition) is 3. The smallest absolute Gasteiger partial charge is 0.394 e. The summed E-state index contributed by atoms with van der Waals surface area (Å²) in [6, 6.07) is 0. The minimum atomic E-state index is -4.65. The van der Waals surface area contributed by atoms with Gasteiger partial charge in [-0.15, -0.1) is 0 Å². The van der Waals surface area contributed by atoms with E-state index in [0.29, 0.717) is 0 Å². The molecule has 1 unspecified atom stereocenters. The Balaban J connectivity index is 4.85. The van der Waals surface area contributed by atoms with Gasteiger partial charge >= 0.3 is 13.3 Å². The maximum atomic E-state index is 14.1. The Morgan fingerprint density at radius 1 is 1.33 bits per heavy atom. The van der Waals surface area contributed by atoms with Gasteiger partial charge in [-0.05, 0) is 13.8 Å². The van der Waals surface area contributed by atoms with Crippen LogP contribution in [0.3, 0.4) is 0 Å². The SMILES string of the molecule is CCOP(=O)(OCC)C(F)(F)CC(CO)OCN=C(N)N. The molecular weight excluding hydrogens is 311 g/mol. The fourth-order valence-corrected chi connectivity index (χ4v) is 2.90. The van der Waals surface area contributed by atoms with Crippen LogP contribution in [0.4, 0.5) is 8.78 Å². The molecule has 0 radical (unpaired) electrons. The monoisotopic (exact) mass is 333 g/mol. The van der Waals surface area contributed by atoms with Crippen LogP contribution in [0, 0.1) is 0 Å². The number of alkyl halides is 2. The number of nitrogens with zero attached hydrogens (tertiary/aromatic N) is 1. The van der Waals surface area contributed by atoms with Crippen LogP contribution in [-0.4, -0.2) is 49.4 Å². The molecule has 8 nitrogen and oxygen atoms in total. The van der Waals surface area contributed by atoms with Crippen LogP contribution in [0.5, 0.6) is 0 Å². The number of aliphatic imine (C=N–C) groups is 1. The summed E-state index contributed by atoms with van der Waals surface area (Å²) < 4.78 is 54.3.